The molecule has 1 N–H and O–H groups in total. The molecule has 1 rings (SSSR count). The summed E-state index contributed by atoms with van der Waals surface area (Å²) in [7, 11) is -3.03. The highest BCUT2D eigenvalue weighted by atomic mass is 35.5. The molecular formula is C9H16ClNO3S2. The van der Waals surface area contributed by atoms with Gasteiger partial charge in [0.15, 0.2) is 9.84 Å². The number of hydrogen-bond acceptors (Lipinski definition) is 4. The maximum atomic E-state index is 11.3. The van der Waals surface area contributed by atoms with Crippen molar-refractivity contribution in [3.8, 4) is 0 Å². The van der Waals surface area contributed by atoms with Gasteiger partial charge in [-0.25, -0.2) is 8.42 Å². The van der Waals surface area contributed by atoms with Crippen LogP contribution in [0.5, 0.6) is 0 Å². The maximum Gasteiger partial charge on any atom is 0.257 e. The largest absolute Gasteiger partial charge is 0.468 e. The minimum absolute atomic E-state index is 0.00182. The van der Waals surface area contributed by atoms with Gasteiger partial charge in [-0.1, -0.05) is 6.92 Å². The van der Waals surface area contributed by atoms with Crippen molar-refractivity contribution >= 4 is 38.8 Å². The Labute approximate surface area is 107 Å². The fourth-order valence-electron chi connectivity index (χ4n) is 1.39. The first-order valence-electron chi connectivity index (χ1n) is 5.15. The summed E-state index contributed by atoms with van der Waals surface area (Å²) < 4.78 is 28.0. The van der Waals surface area contributed by atoms with Gasteiger partial charge in [0.25, 0.3) is 5.17 Å². The molecule has 1 aliphatic rings. The summed E-state index contributed by atoms with van der Waals surface area (Å²) in [5.41, 5.74) is 0. The van der Waals surface area contributed by atoms with E-state index in [9.17, 15) is 8.42 Å². The maximum absolute atomic E-state index is 11.3. The SMILES string of the molecule is CC[C@H](C)OC(=S)N[C@H]1CS(=O)(=O)C[C@H]1Cl. The third-order valence-electron chi connectivity index (χ3n) is 2.47. The molecule has 0 aromatic heterocycles. The van der Waals surface area contributed by atoms with E-state index in [0.29, 0.717) is 0 Å². The number of ether oxygens (including phenoxy) is 1. The van der Waals surface area contributed by atoms with E-state index in [2.05, 4.69) is 5.32 Å². The summed E-state index contributed by atoms with van der Waals surface area (Å²) in [6.07, 6.45) is 0.863. The Hall–Kier alpha value is -0.0700. The molecular weight excluding hydrogens is 270 g/mol. The molecule has 16 heavy (non-hydrogen) atoms. The lowest BCUT2D eigenvalue weighted by molar-refractivity contribution is 0.198. The number of hydrogen-bond donors (Lipinski definition) is 1. The van der Waals surface area contributed by atoms with Crippen molar-refractivity contribution in [3.63, 3.8) is 0 Å². The first-order valence-corrected chi connectivity index (χ1v) is 7.82. The fourth-order valence-corrected chi connectivity index (χ4v) is 4.25. The van der Waals surface area contributed by atoms with Crippen LogP contribution >= 0.6 is 23.8 Å². The van der Waals surface area contributed by atoms with Gasteiger partial charge in [-0.15, -0.1) is 11.6 Å². The fraction of sp³-hybridized carbons (Fsp3) is 0.889. The van der Waals surface area contributed by atoms with Crippen molar-refractivity contribution in [3.05, 3.63) is 0 Å². The molecule has 0 aromatic carbocycles. The summed E-state index contributed by atoms with van der Waals surface area (Å²) in [5, 5.41) is 2.63. The van der Waals surface area contributed by atoms with Gasteiger partial charge in [-0.3, -0.25) is 0 Å². The lowest BCUT2D eigenvalue weighted by Crippen LogP contribution is -2.41. The van der Waals surface area contributed by atoms with Gasteiger partial charge in [0.05, 0.1) is 29.0 Å². The van der Waals surface area contributed by atoms with Gasteiger partial charge in [-0.2, -0.15) is 0 Å². The summed E-state index contributed by atoms with van der Waals surface area (Å²) in [6.45, 7) is 3.88. The van der Waals surface area contributed by atoms with E-state index in [1.54, 1.807) is 0 Å². The van der Waals surface area contributed by atoms with Crippen molar-refractivity contribution in [1.82, 2.24) is 5.32 Å². The van der Waals surface area contributed by atoms with Gasteiger partial charge < -0.3 is 10.1 Å². The molecule has 94 valence electrons. The van der Waals surface area contributed by atoms with Gasteiger partial charge in [0, 0.05) is 0 Å². The smallest absolute Gasteiger partial charge is 0.257 e. The minimum atomic E-state index is -3.03. The lowest BCUT2D eigenvalue weighted by atomic mass is 10.2. The second-order valence-electron chi connectivity index (χ2n) is 3.97. The predicted molar refractivity (Wildman–Crippen MR) is 68.7 cm³/mol. The van der Waals surface area contributed by atoms with Crippen LogP contribution in [0.2, 0.25) is 0 Å². The number of alkyl halides is 1. The molecule has 0 unspecified atom stereocenters. The molecule has 3 atom stereocenters. The molecule has 4 nitrogen and oxygen atoms in total. The zero-order valence-corrected chi connectivity index (χ0v) is 11.7. The van der Waals surface area contributed by atoms with Crippen LogP contribution in [0.3, 0.4) is 0 Å². The van der Waals surface area contributed by atoms with Crippen LogP contribution in [0.1, 0.15) is 20.3 Å². The Balaban J connectivity index is 2.46. The van der Waals surface area contributed by atoms with Gasteiger partial charge in [0.1, 0.15) is 0 Å². The minimum Gasteiger partial charge on any atom is -0.468 e. The van der Waals surface area contributed by atoms with E-state index in [1.807, 2.05) is 13.8 Å². The van der Waals surface area contributed by atoms with Gasteiger partial charge in [-0.05, 0) is 25.6 Å². The monoisotopic (exact) mass is 285 g/mol. The molecule has 7 heteroatoms. The normalized spacial score (nSPS) is 29.7. The second-order valence-corrected chi connectivity index (χ2v) is 7.05. The Morgan fingerprint density at radius 3 is 2.69 bits per heavy atom. The van der Waals surface area contributed by atoms with E-state index in [-0.39, 0.29) is 28.8 Å². The van der Waals surface area contributed by atoms with Crippen molar-refractivity contribution in [2.24, 2.45) is 0 Å². The Morgan fingerprint density at radius 2 is 2.25 bits per heavy atom. The zero-order valence-electron chi connectivity index (χ0n) is 9.27. The first-order chi connectivity index (χ1) is 7.34. The molecule has 0 bridgehead atoms. The van der Waals surface area contributed by atoms with E-state index >= 15 is 0 Å². The summed E-state index contributed by atoms with van der Waals surface area (Å²) in [5.74, 6) is 0.0172. The van der Waals surface area contributed by atoms with Crippen LogP contribution < -0.4 is 5.32 Å². The summed E-state index contributed by atoms with van der Waals surface area (Å²) in [4.78, 5) is 0. The highest BCUT2D eigenvalue weighted by molar-refractivity contribution is 7.91. The zero-order chi connectivity index (χ0) is 12.3. The Bertz CT molecular complexity index is 358. The van der Waals surface area contributed by atoms with Crippen LogP contribution in [-0.2, 0) is 14.6 Å². The van der Waals surface area contributed by atoms with Gasteiger partial charge >= 0.3 is 0 Å². The quantitative estimate of drug-likeness (QED) is 0.621. The van der Waals surface area contributed by atoms with E-state index in [4.69, 9.17) is 28.6 Å². The Kier molecular flexibility index (Phi) is 4.82. The molecule has 0 spiro atoms. The number of nitrogens with one attached hydrogen (secondary N) is 1. The van der Waals surface area contributed by atoms with Crippen LogP contribution in [-0.4, -0.2) is 42.6 Å². The van der Waals surface area contributed by atoms with Crippen LogP contribution in [0.4, 0.5) is 0 Å². The summed E-state index contributed by atoms with van der Waals surface area (Å²) in [6, 6.07) is -0.344. The molecule has 0 radical (unpaired) electrons. The van der Waals surface area contributed by atoms with Crippen molar-refractivity contribution < 1.29 is 13.2 Å². The summed E-state index contributed by atoms with van der Waals surface area (Å²) >= 11 is 10.9. The Morgan fingerprint density at radius 1 is 1.62 bits per heavy atom. The standard InChI is InChI=1S/C9H16ClNO3S2/c1-3-6(2)14-9(15)11-8-5-16(12,13)4-7(8)10/h6-8H,3-5H2,1-2H3,(H,11,15)/t6-,7+,8-/m0/s1. The molecule has 0 aliphatic carbocycles. The predicted octanol–water partition coefficient (Wildman–Crippen LogP) is 1.08. The van der Waals surface area contributed by atoms with Crippen molar-refractivity contribution in [2.75, 3.05) is 11.5 Å². The highest BCUT2D eigenvalue weighted by Crippen LogP contribution is 2.18. The average molecular weight is 286 g/mol. The van der Waals surface area contributed by atoms with Crippen molar-refractivity contribution in [2.45, 2.75) is 37.8 Å². The van der Waals surface area contributed by atoms with E-state index in [0.717, 1.165) is 6.42 Å². The third kappa shape index (κ3) is 4.07. The molecule has 0 amide bonds. The lowest BCUT2D eigenvalue weighted by Gasteiger charge is -2.19. The molecule has 1 aliphatic heterocycles. The van der Waals surface area contributed by atoms with Gasteiger partial charge in [0.2, 0.25) is 0 Å². The third-order valence-corrected chi connectivity index (χ3v) is 5.06. The number of sulfone groups is 1. The number of halogens is 1. The van der Waals surface area contributed by atoms with Crippen LogP contribution in [0.15, 0.2) is 0 Å². The van der Waals surface area contributed by atoms with E-state index < -0.39 is 15.2 Å². The molecule has 0 saturated carbocycles. The molecule has 1 heterocycles. The highest BCUT2D eigenvalue weighted by Gasteiger charge is 2.37. The number of thiocarbonyl (C=S) groups is 1. The molecule has 1 fully saturated rings. The topological polar surface area (TPSA) is 55.4 Å². The van der Waals surface area contributed by atoms with Crippen LogP contribution in [0.25, 0.3) is 0 Å². The molecule has 1 saturated heterocycles. The molecule has 0 aromatic rings. The second kappa shape index (κ2) is 5.51. The van der Waals surface area contributed by atoms with Crippen molar-refractivity contribution in [1.29, 1.82) is 0 Å². The first kappa shape index (κ1) is 14.0. The van der Waals surface area contributed by atoms with E-state index in [1.165, 1.54) is 0 Å². The van der Waals surface area contributed by atoms with Crippen LogP contribution in [0, 0.1) is 0 Å². The average Bonchev–Trinajstić information content (AvgIpc) is 2.39. The number of rotatable bonds is 3.